The van der Waals surface area contributed by atoms with Crippen LogP contribution in [-0.4, -0.2) is 128 Å². The van der Waals surface area contributed by atoms with E-state index in [0.717, 1.165) is 81.6 Å². The summed E-state index contributed by atoms with van der Waals surface area (Å²) in [5, 5.41) is 20.5. The number of nitrogens with zero attached hydrogens (tertiary/aromatic N) is 4. The Balaban J connectivity index is 0.000000362. The van der Waals surface area contributed by atoms with Crippen LogP contribution in [0.4, 0.5) is 5.69 Å². The van der Waals surface area contributed by atoms with Gasteiger partial charge in [0.15, 0.2) is 5.78 Å². The molecule has 2 saturated heterocycles. The van der Waals surface area contributed by atoms with Gasteiger partial charge in [-0.1, -0.05) is 19.3 Å². The molecular formula is C41H56N6O9. The number of rotatable bonds is 16. The fraction of sp³-hybridized carbons (Fsp3) is 0.537. The molecule has 3 N–H and O–H groups in total. The molecule has 2 aromatic carbocycles. The number of aliphatic carboxylic acids is 1. The molecule has 304 valence electrons. The number of hydrogen-bond donors (Lipinski definition) is 3. The summed E-state index contributed by atoms with van der Waals surface area (Å²) in [5.41, 5.74) is 4.67. The van der Waals surface area contributed by atoms with Crippen LogP contribution in [-0.2, 0) is 35.1 Å². The van der Waals surface area contributed by atoms with Gasteiger partial charge in [-0.15, -0.1) is 0 Å². The fourth-order valence-corrected chi connectivity index (χ4v) is 7.14. The molecule has 2 aliphatic heterocycles. The summed E-state index contributed by atoms with van der Waals surface area (Å²) in [4.78, 5) is 49.7. The van der Waals surface area contributed by atoms with Gasteiger partial charge in [-0.25, -0.2) is 4.68 Å². The molecule has 3 heterocycles. The highest BCUT2D eigenvalue weighted by molar-refractivity contribution is 5.96. The maximum atomic E-state index is 12.5. The van der Waals surface area contributed by atoms with Crippen LogP contribution in [0.1, 0.15) is 72.6 Å². The summed E-state index contributed by atoms with van der Waals surface area (Å²) in [6.07, 6.45) is 7.92. The molecule has 3 aromatic rings. The van der Waals surface area contributed by atoms with Crippen molar-refractivity contribution in [3.63, 3.8) is 0 Å². The number of ether oxygens (including phenoxy) is 4. The Morgan fingerprint density at radius 2 is 1.52 bits per heavy atom. The van der Waals surface area contributed by atoms with Crippen molar-refractivity contribution in [1.29, 1.82) is 0 Å². The van der Waals surface area contributed by atoms with Gasteiger partial charge in [-0.3, -0.25) is 29.0 Å². The maximum Gasteiger partial charge on any atom is 0.313 e. The molecule has 56 heavy (non-hydrogen) atoms. The van der Waals surface area contributed by atoms with Gasteiger partial charge in [-0.2, -0.15) is 5.10 Å². The van der Waals surface area contributed by atoms with Gasteiger partial charge in [0, 0.05) is 62.3 Å². The summed E-state index contributed by atoms with van der Waals surface area (Å²) in [6, 6.07) is 15.4. The Morgan fingerprint density at radius 3 is 2.12 bits per heavy atom. The summed E-state index contributed by atoms with van der Waals surface area (Å²) < 4.78 is 22.5. The SMILES string of the molecule is COC(=O)CC(=O)CN1CCOCC1.COc1ccc(-n2cc(C(Nc3ccc(C(=O)NCCC(=O)O)cc3)C3CCCCC3)c(CN3CCOCC3)n2)cc1. The monoisotopic (exact) mass is 776 g/mol. The van der Waals surface area contributed by atoms with Crippen LogP contribution in [0.15, 0.2) is 54.7 Å². The fourth-order valence-electron chi connectivity index (χ4n) is 7.14. The Morgan fingerprint density at radius 1 is 0.875 bits per heavy atom. The summed E-state index contributed by atoms with van der Waals surface area (Å²) in [7, 11) is 2.95. The van der Waals surface area contributed by atoms with Gasteiger partial charge in [0.25, 0.3) is 5.91 Å². The number of Topliss-reactive ketones (excluding diaryl/α,β-unsaturated/α-hetero) is 1. The number of nitrogens with one attached hydrogen (secondary N) is 2. The van der Waals surface area contributed by atoms with Crippen molar-refractivity contribution >= 4 is 29.3 Å². The van der Waals surface area contributed by atoms with E-state index in [1.807, 2.05) is 46.0 Å². The number of carbonyl (C=O) groups is 4. The number of methoxy groups -OCH3 is 2. The van der Waals surface area contributed by atoms with Crippen molar-refractivity contribution in [2.45, 2.75) is 57.5 Å². The number of esters is 1. The van der Waals surface area contributed by atoms with Crippen molar-refractivity contribution in [3.05, 3.63) is 71.5 Å². The third kappa shape index (κ3) is 13.1. The van der Waals surface area contributed by atoms with Crippen LogP contribution in [0.2, 0.25) is 0 Å². The van der Waals surface area contributed by atoms with E-state index >= 15 is 0 Å². The van der Waals surface area contributed by atoms with E-state index in [1.54, 1.807) is 19.2 Å². The van der Waals surface area contributed by atoms with Crippen molar-refractivity contribution in [1.82, 2.24) is 24.9 Å². The predicted molar refractivity (Wildman–Crippen MR) is 209 cm³/mol. The highest BCUT2D eigenvalue weighted by Crippen LogP contribution is 2.38. The topological polar surface area (TPSA) is 174 Å². The van der Waals surface area contributed by atoms with Crippen molar-refractivity contribution < 1.29 is 43.2 Å². The molecule has 1 aromatic heterocycles. The van der Waals surface area contributed by atoms with Crippen LogP contribution >= 0.6 is 0 Å². The number of amides is 1. The first-order valence-electron chi connectivity index (χ1n) is 19.5. The van der Waals surface area contributed by atoms with Gasteiger partial charge >= 0.3 is 11.9 Å². The average molecular weight is 777 g/mol. The molecule has 1 unspecified atom stereocenters. The Kier molecular flexibility index (Phi) is 16.7. The van der Waals surface area contributed by atoms with Crippen LogP contribution in [0.25, 0.3) is 5.69 Å². The highest BCUT2D eigenvalue weighted by atomic mass is 16.5. The number of anilines is 1. The van der Waals surface area contributed by atoms with E-state index in [-0.39, 0.29) is 37.1 Å². The van der Waals surface area contributed by atoms with Gasteiger partial charge in [-0.05, 0) is 67.3 Å². The van der Waals surface area contributed by atoms with E-state index in [1.165, 1.54) is 31.9 Å². The lowest BCUT2D eigenvalue weighted by molar-refractivity contribution is -0.144. The van der Waals surface area contributed by atoms with Crippen LogP contribution < -0.4 is 15.4 Å². The molecule has 15 heteroatoms. The van der Waals surface area contributed by atoms with Crippen molar-refractivity contribution in [2.75, 3.05) is 85.2 Å². The third-order valence-electron chi connectivity index (χ3n) is 10.3. The lowest BCUT2D eigenvalue weighted by atomic mass is 9.81. The first-order valence-corrected chi connectivity index (χ1v) is 19.5. The number of carbonyl (C=O) groups excluding carboxylic acids is 3. The lowest BCUT2D eigenvalue weighted by Crippen LogP contribution is -2.39. The van der Waals surface area contributed by atoms with Crippen LogP contribution in [0, 0.1) is 5.92 Å². The molecule has 0 bridgehead atoms. The van der Waals surface area contributed by atoms with E-state index in [9.17, 15) is 19.2 Å². The molecule has 15 nitrogen and oxygen atoms in total. The molecule has 3 fully saturated rings. The zero-order valence-corrected chi connectivity index (χ0v) is 32.6. The molecule has 1 aliphatic carbocycles. The number of carboxylic acids is 1. The smallest absolute Gasteiger partial charge is 0.313 e. The molecule has 0 spiro atoms. The average Bonchev–Trinajstić information content (AvgIpc) is 3.64. The minimum atomic E-state index is -0.938. The molecule has 1 saturated carbocycles. The van der Waals surface area contributed by atoms with Gasteiger partial charge in [0.2, 0.25) is 0 Å². The number of carboxylic acid groups (broad SMARTS) is 1. The second-order valence-corrected chi connectivity index (χ2v) is 14.2. The number of aromatic nitrogens is 2. The van der Waals surface area contributed by atoms with Crippen LogP contribution in [0.5, 0.6) is 5.75 Å². The van der Waals surface area contributed by atoms with Gasteiger partial charge in [0.05, 0.1) is 71.0 Å². The molecule has 3 aliphatic rings. The van der Waals surface area contributed by atoms with E-state index in [0.29, 0.717) is 31.2 Å². The first-order chi connectivity index (χ1) is 27.2. The third-order valence-corrected chi connectivity index (χ3v) is 10.3. The standard InChI is InChI=1S/C32H41N5O5.C9H15NO4/c1-41-27-13-11-26(12-14-27)37-21-28(29(35-37)22-36-17-19-42-20-18-36)31(23-5-3-2-4-6-23)34-25-9-7-24(8-10-25)32(40)33-16-15-30(38)39;1-13-9(12)6-8(11)7-10-2-4-14-5-3-10/h7-14,21,23,31,34H,2-6,15-20,22H2,1H3,(H,33,40)(H,38,39);2-7H2,1H3. The second-order valence-electron chi connectivity index (χ2n) is 14.2. The lowest BCUT2D eigenvalue weighted by Gasteiger charge is -2.33. The normalized spacial score (nSPS) is 17.2. The molecular weight excluding hydrogens is 720 g/mol. The van der Waals surface area contributed by atoms with E-state index in [2.05, 4.69) is 26.5 Å². The number of ketones is 1. The quantitative estimate of drug-likeness (QED) is 0.140. The van der Waals surface area contributed by atoms with E-state index < -0.39 is 11.9 Å². The first kappa shape index (κ1) is 42.3. The van der Waals surface area contributed by atoms with Crippen molar-refractivity contribution in [2.24, 2.45) is 5.92 Å². The molecule has 0 radical (unpaired) electrons. The van der Waals surface area contributed by atoms with E-state index in [4.69, 9.17) is 24.4 Å². The minimum Gasteiger partial charge on any atom is -0.497 e. The molecule has 6 rings (SSSR count). The number of benzene rings is 2. The number of hydrogen-bond acceptors (Lipinski definition) is 12. The summed E-state index contributed by atoms with van der Waals surface area (Å²) in [5.74, 6) is -0.524. The highest BCUT2D eigenvalue weighted by Gasteiger charge is 2.30. The zero-order valence-electron chi connectivity index (χ0n) is 32.6. The molecule has 1 atom stereocenters. The minimum absolute atomic E-state index is 0.0589. The summed E-state index contributed by atoms with van der Waals surface area (Å²) >= 11 is 0. The second kappa shape index (κ2) is 22.0. The van der Waals surface area contributed by atoms with Gasteiger partial charge < -0.3 is 34.7 Å². The largest absolute Gasteiger partial charge is 0.497 e. The molecule has 1 amide bonds. The Hall–Kier alpha value is -4.83. The van der Waals surface area contributed by atoms with Crippen LogP contribution in [0.3, 0.4) is 0 Å². The van der Waals surface area contributed by atoms with Crippen molar-refractivity contribution in [3.8, 4) is 11.4 Å². The van der Waals surface area contributed by atoms with Gasteiger partial charge in [0.1, 0.15) is 12.2 Å². The number of morpholine rings is 2. The Labute approximate surface area is 328 Å². The zero-order chi connectivity index (χ0) is 39.7. The maximum absolute atomic E-state index is 12.5. The predicted octanol–water partition coefficient (Wildman–Crippen LogP) is 4.10. The summed E-state index contributed by atoms with van der Waals surface area (Å²) in [6.45, 7) is 7.22. The Bertz CT molecular complexity index is 1700.